The van der Waals surface area contributed by atoms with Gasteiger partial charge in [-0.05, 0) is 37.6 Å². The van der Waals surface area contributed by atoms with Crippen LogP contribution in [0.15, 0.2) is 36.8 Å². The lowest BCUT2D eigenvalue weighted by molar-refractivity contribution is 0.405. The van der Waals surface area contributed by atoms with Crippen molar-refractivity contribution >= 4 is 0 Å². The Morgan fingerprint density at radius 3 is 2.80 bits per heavy atom. The third kappa shape index (κ3) is 3.54. The molecule has 20 heavy (non-hydrogen) atoms. The van der Waals surface area contributed by atoms with Crippen LogP contribution in [0.3, 0.4) is 0 Å². The minimum absolute atomic E-state index is 0.165. The van der Waals surface area contributed by atoms with Gasteiger partial charge in [-0.3, -0.25) is 0 Å². The minimum Gasteiger partial charge on any atom is -0.496 e. The second kappa shape index (κ2) is 7.01. The van der Waals surface area contributed by atoms with Crippen molar-refractivity contribution in [2.24, 2.45) is 0 Å². The van der Waals surface area contributed by atoms with Crippen LogP contribution in [-0.4, -0.2) is 23.6 Å². The van der Waals surface area contributed by atoms with E-state index in [1.165, 1.54) is 11.1 Å². The summed E-state index contributed by atoms with van der Waals surface area (Å²) in [4.78, 5) is 8.34. The van der Waals surface area contributed by atoms with Crippen molar-refractivity contribution in [3.05, 3.63) is 53.6 Å². The van der Waals surface area contributed by atoms with Crippen molar-refractivity contribution in [3.63, 3.8) is 0 Å². The van der Waals surface area contributed by atoms with Gasteiger partial charge in [-0.25, -0.2) is 9.97 Å². The predicted molar refractivity (Wildman–Crippen MR) is 79.9 cm³/mol. The molecule has 4 heteroatoms. The zero-order valence-electron chi connectivity index (χ0n) is 12.3. The summed E-state index contributed by atoms with van der Waals surface area (Å²) >= 11 is 0. The second-order valence-electron chi connectivity index (χ2n) is 4.76. The van der Waals surface area contributed by atoms with E-state index >= 15 is 0 Å². The van der Waals surface area contributed by atoms with Gasteiger partial charge in [0.25, 0.3) is 0 Å². The molecule has 0 aliphatic heterocycles. The monoisotopic (exact) mass is 271 g/mol. The highest BCUT2D eigenvalue weighted by Crippen LogP contribution is 2.25. The van der Waals surface area contributed by atoms with Gasteiger partial charge in [-0.15, -0.1) is 0 Å². The van der Waals surface area contributed by atoms with Gasteiger partial charge >= 0.3 is 0 Å². The number of aromatic nitrogens is 2. The Balaban J connectivity index is 2.26. The quantitative estimate of drug-likeness (QED) is 0.877. The molecule has 0 fully saturated rings. The van der Waals surface area contributed by atoms with Gasteiger partial charge in [0.1, 0.15) is 12.1 Å². The number of nitrogens with one attached hydrogen (secondary N) is 1. The van der Waals surface area contributed by atoms with E-state index in [2.05, 4.69) is 41.3 Å². The van der Waals surface area contributed by atoms with Crippen LogP contribution in [0, 0.1) is 6.92 Å². The van der Waals surface area contributed by atoms with E-state index < -0.39 is 0 Å². The average Bonchev–Trinajstić information content (AvgIpc) is 2.48. The minimum atomic E-state index is 0.165. The molecule has 0 aliphatic rings. The summed E-state index contributed by atoms with van der Waals surface area (Å²) in [5.41, 5.74) is 3.43. The van der Waals surface area contributed by atoms with Crippen LogP contribution in [0.4, 0.5) is 0 Å². The van der Waals surface area contributed by atoms with Gasteiger partial charge < -0.3 is 10.1 Å². The largest absolute Gasteiger partial charge is 0.496 e. The molecule has 0 saturated heterocycles. The molecule has 1 unspecified atom stereocenters. The third-order valence-electron chi connectivity index (χ3n) is 3.27. The first kappa shape index (κ1) is 14.5. The normalized spacial score (nSPS) is 12.2. The van der Waals surface area contributed by atoms with Crippen LogP contribution in [0.5, 0.6) is 5.75 Å². The molecule has 0 radical (unpaired) electrons. The van der Waals surface area contributed by atoms with E-state index in [9.17, 15) is 0 Å². The molecular formula is C16H21N3O. The lowest BCUT2D eigenvalue weighted by Crippen LogP contribution is -2.24. The molecule has 1 N–H and O–H groups in total. The number of rotatable bonds is 6. The molecule has 0 spiro atoms. The summed E-state index contributed by atoms with van der Waals surface area (Å²) < 4.78 is 5.45. The van der Waals surface area contributed by atoms with Crippen molar-refractivity contribution in [1.82, 2.24) is 15.3 Å². The standard InChI is InChI=1S/C16H21N3O/c1-4-18-15(14-7-8-17-11-19-14)10-13-9-12(2)5-6-16(13)20-3/h5-9,11,15,18H,4,10H2,1-3H3. The summed E-state index contributed by atoms with van der Waals surface area (Å²) in [5.74, 6) is 0.924. The Morgan fingerprint density at radius 1 is 1.30 bits per heavy atom. The smallest absolute Gasteiger partial charge is 0.122 e. The van der Waals surface area contributed by atoms with Gasteiger partial charge in [0.2, 0.25) is 0 Å². The van der Waals surface area contributed by atoms with Gasteiger partial charge in [-0.1, -0.05) is 24.6 Å². The summed E-state index contributed by atoms with van der Waals surface area (Å²) in [6.45, 7) is 5.08. The highest BCUT2D eigenvalue weighted by atomic mass is 16.5. The van der Waals surface area contributed by atoms with E-state index in [1.807, 2.05) is 12.1 Å². The number of hydrogen-bond donors (Lipinski definition) is 1. The lowest BCUT2D eigenvalue weighted by Gasteiger charge is -2.19. The van der Waals surface area contributed by atoms with Gasteiger partial charge in [0, 0.05) is 6.20 Å². The van der Waals surface area contributed by atoms with Crippen LogP contribution in [0.2, 0.25) is 0 Å². The van der Waals surface area contributed by atoms with Crippen LogP contribution in [0.25, 0.3) is 0 Å². The first-order valence-electron chi connectivity index (χ1n) is 6.87. The van der Waals surface area contributed by atoms with E-state index in [0.717, 1.165) is 24.4 Å². The summed E-state index contributed by atoms with van der Waals surface area (Å²) in [6, 6.07) is 8.38. The number of hydrogen-bond acceptors (Lipinski definition) is 4. The van der Waals surface area contributed by atoms with Crippen molar-refractivity contribution in [2.75, 3.05) is 13.7 Å². The van der Waals surface area contributed by atoms with Gasteiger partial charge in [0.15, 0.2) is 0 Å². The lowest BCUT2D eigenvalue weighted by atomic mass is 10.0. The Labute approximate surface area is 120 Å². The zero-order chi connectivity index (χ0) is 14.4. The molecule has 2 aromatic rings. The van der Waals surface area contributed by atoms with E-state index in [-0.39, 0.29) is 6.04 Å². The topological polar surface area (TPSA) is 47.0 Å². The fourth-order valence-electron chi connectivity index (χ4n) is 2.32. The number of methoxy groups -OCH3 is 1. The SMILES string of the molecule is CCNC(Cc1cc(C)ccc1OC)c1ccncn1. The van der Waals surface area contributed by atoms with E-state index in [0.29, 0.717) is 0 Å². The fourth-order valence-corrected chi connectivity index (χ4v) is 2.32. The Morgan fingerprint density at radius 2 is 2.15 bits per heavy atom. The molecule has 0 amide bonds. The number of likely N-dealkylation sites (N-methyl/N-ethyl adjacent to an activating group) is 1. The molecule has 1 heterocycles. The second-order valence-corrected chi connectivity index (χ2v) is 4.76. The number of nitrogens with zero attached hydrogens (tertiary/aromatic N) is 2. The fraction of sp³-hybridized carbons (Fsp3) is 0.375. The van der Waals surface area contributed by atoms with Gasteiger partial charge in [0.05, 0.1) is 18.8 Å². The highest BCUT2D eigenvalue weighted by molar-refractivity contribution is 5.38. The van der Waals surface area contributed by atoms with Crippen LogP contribution < -0.4 is 10.1 Å². The molecule has 4 nitrogen and oxygen atoms in total. The molecule has 1 atom stereocenters. The zero-order valence-corrected chi connectivity index (χ0v) is 12.3. The van der Waals surface area contributed by atoms with Crippen molar-refractivity contribution in [1.29, 1.82) is 0 Å². The summed E-state index contributed by atoms with van der Waals surface area (Å²) in [7, 11) is 1.71. The van der Waals surface area contributed by atoms with Crippen molar-refractivity contribution < 1.29 is 4.74 Å². The van der Waals surface area contributed by atoms with Crippen LogP contribution >= 0.6 is 0 Å². The van der Waals surface area contributed by atoms with Crippen molar-refractivity contribution in [2.45, 2.75) is 26.3 Å². The number of ether oxygens (including phenoxy) is 1. The van der Waals surface area contributed by atoms with Gasteiger partial charge in [-0.2, -0.15) is 0 Å². The van der Waals surface area contributed by atoms with Crippen molar-refractivity contribution in [3.8, 4) is 5.75 Å². The number of benzene rings is 1. The highest BCUT2D eigenvalue weighted by Gasteiger charge is 2.15. The average molecular weight is 271 g/mol. The number of aryl methyl sites for hydroxylation is 1. The maximum atomic E-state index is 5.45. The Hall–Kier alpha value is -1.94. The Kier molecular flexibility index (Phi) is 5.07. The maximum absolute atomic E-state index is 5.45. The first-order valence-corrected chi connectivity index (χ1v) is 6.87. The first-order chi connectivity index (χ1) is 9.74. The van der Waals surface area contributed by atoms with E-state index in [4.69, 9.17) is 4.74 Å². The molecule has 0 saturated carbocycles. The molecule has 1 aromatic carbocycles. The van der Waals surface area contributed by atoms with E-state index in [1.54, 1.807) is 19.6 Å². The summed E-state index contributed by atoms with van der Waals surface area (Å²) in [6.07, 6.45) is 4.21. The third-order valence-corrected chi connectivity index (χ3v) is 3.27. The Bertz CT molecular complexity index is 543. The van der Waals surface area contributed by atoms with Crippen LogP contribution in [-0.2, 0) is 6.42 Å². The predicted octanol–water partition coefficient (Wildman–Crippen LogP) is 2.69. The summed E-state index contributed by atoms with van der Waals surface area (Å²) in [5, 5.41) is 3.47. The molecule has 0 aliphatic carbocycles. The molecule has 0 bridgehead atoms. The molecule has 2 rings (SSSR count). The van der Waals surface area contributed by atoms with Crippen LogP contribution in [0.1, 0.15) is 29.8 Å². The molecule has 106 valence electrons. The maximum Gasteiger partial charge on any atom is 0.122 e. The molecular weight excluding hydrogens is 250 g/mol. The molecule has 1 aromatic heterocycles.